The first-order valence-corrected chi connectivity index (χ1v) is 10.6. The molecule has 3 aromatic carbocycles. The molecular weight excluding hydrogens is 411 g/mol. The second-order valence-corrected chi connectivity index (χ2v) is 7.56. The van der Waals surface area contributed by atoms with E-state index in [1.807, 2.05) is 24.3 Å². The highest BCUT2D eigenvalue weighted by Crippen LogP contribution is 2.31. The summed E-state index contributed by atoms with van der Waals surface area (Å²) in [6, 6.07) is 16.3. The van der Waals surface area contributed by atoms with Gasteiger partial charge in [0, 0.05) is 23.3 Å². The van der Waals surface area contributed by atoms with Gasteiger partial charge in [-0.1, -0.05) is 44.4 Å². The maximum Gasteiger partial charge on any atom is 0.271 e. The Balaban J connectivity index is 1.50. The third-order valence-electron chi connectivity index (χ3n) is 5.23. The second-order valence-electron chi connectivity index (χ2n) is 7.56. The molecule has 6 nitrogen and oxygen atoms in total. The molecule has 32 heavy (non-hydrogen) atoms. The first kappa shape index (κ1) is 21.5. The fraction of sp³-hybridized carbons (Fsp3) is 0.240. The molecule has 0 aliphatic heterocycles. The highest BCUT2D eigenvalue weighted by Gasteiger charge is 2.15. The summed E-state index contributed by atoms with van der Waals surface area (Å²) in [7, 11) is 0. The molecule has 0 radical (unpaired) electrons. The zero-order valence-electron chi connectivity index (χ0n) is 17.7. The lowest BCUT2D eigenvalue weighted by Gasteiger charge is -2.08. The number of hydrogen-bond donors (Lipinski definition) is 0. The molecule has 164 valence electrons. The molecule has 0 unspecified atom stereocenters. The van der Waals surface area contributed by atoms with Crippen molar-refractivity contribution in [1.29, 1.82) is 0 Å². The minimum absolute atomic E-state index is 0.0766. The normalized spacial score (nSPS) is 11.1. The number of ether oxygens (including phenoxy) is 1. The summed E-state index contributed by atoms with van der Waals surface area (Å²) < 4.78 is 26.3. The van der Waals surface area contributed by atoms with Crippen LogP contribution in [0.5, 0.6) is 5.75 Å². The topological polar surface area (TPSA) is 78.4 Å². The summed E-state index contributed by atoms with van der Waals surface area (Å²) >= 11 is 0. The standard InChI is InChI=1S/C25H23FN2O4/c1-2-3-4-5-14-31-20-10-6-17(7-11-20)21-12-8-18(15-22(21)26)25-27-23-16-19(28(29)30)9-13-24(23)32-25/h6-13,15-16H,2-5,14H2,1H3. The fourth-order valence-electron chi connectivity index (χ4n) is 3.48. The van der Waals surface area contributed by atoms with Gasteiger partial charge < -0.3 is 9.15 Å². The predicted molar refractivity (Wildman–Crippen MR) is 121 cm³/mol. The van der Waals surface area contributed by atoms with Gasteiger partial charge >= 0.3 is 0 Å². The van der Waals surface area contributed by atoms with Crippen LogP contribution in [-0.2, 0) is 0 Å². The van der Waals surface area contributed by atoms with Crippen molar-refractivity contribution < 1.29 is 18.5 Å². The summed E-state index contributed by atoms with van der Waals surface area (Å²) in [6.07, 6.45) is 4.58. The first-order valence-electron chi connectivity index (χ1n) is 10.6. The molecule has 0 aliphatic rings. The monoisotopic (exact) mass is 434 g/mol. The van der Waals surface area contributed by atoms with Crippen molar-refractivity contribution in [3.63, 3.8) is 0 Å². The molecule has 0 atom stereocenters. The minimum Gasteiger partial charge on any atom is -0.494 e. The Bertz CT molecular complexity index is 1230. The van der Waals surface area contributed by atoms with Gasteiger partial charge in [0.2, 0.25) is 5.89 Å². The summed E-state index contributed by atoms with van der Waals surface area (Å²) in [5, 5.41) is 10.9. The predicted octanol–water partition coefficient (Wildman–Crippen LogP) is 7.17. The third-order valence-corrected chi connectivity index (χ3v) is 5.23. The molecular formula is C25H23FN2O4. The number of oxazole rings is 1. The van der Waals surface area contributed by atoms with E-state index >= 15 is 0 Å². The molecule has 4 aromatic rings. The van der Waals surface area contributed by atoms with Crippen molar-refractivity contribution in [2.45, 2.75) is 32.6 Å². The van der Waals surface area contributed by atoms with Crippen LogP contribution in [0.15, 0.2) is 65.1 Å². The lowest BCUT2D eigenvalue weighted by molar-refractivity contribution is -0.384. The average molecular weight is 434 g/mol. The van der Waals surface area contributed by atoms with Gasteiger partial charge in [-0.05, 0) is 42.3 Å². The zero-order chi connectivity index (χ0) is 22.5. The van der Waals surface area contributed by atoms with Crippen molar-refractivity contribution >= 4 is 16.8 Å². The number of hydrogen-bond acceptors (Lipinski definition) is 5. The van der Waals surface area contributed by atoms with E-state index < -0.39 is 10.7 Å². The van der Waals surface area contributed by atoms with Gasteiger partial charge in [0.15, 0.2) is 5.58 Å². The third kappa shape index (κ3) is 4.77. The molecule has 0 bridgehead atoms. The Kier molecular flexibility index (Phi) is 6.44. The number of fused-ring (bicyclic) bond motifs is 1. The molecule has 0 spiro atoms. The van der Waals surface area contributed by atoms with Gasteiger partial charge in [-0.25, -0.2) is 9.37 Å². The summed E-state index contributed by atoms with van der Waals surface area (Å²) in [6.45, 7) is 2.85. The maximum absolute atomic E-state index is 14.9. The molecule has 0 saturated heterocycles. The van der Waals surface area contributed by atoms with E-state index in [0.717, 1.165) is 24.2 Å². The van der Waals surface area contributed by atoms with Crippen molar-refractivity contribution in [2.24, 2.45) is 0 Å². The van der Waals surface area contributed by atoms with E-state index in [-0.39, 0.29) is 11.6 Å². The number of benzene rings is 3. The van der Waals surface area contributed by atoms with Crippen LogP contribution in [0.1, 0.15) is 32.6 Å². The molecule has 0 N–H and O–H groups in total. The number of aromatic nitrogens is 1. The number of non-ortho nitro benzene ring substituents is 1. The van der Waals surface area contributed by atoms with Gasteiger partial charge in [0.25, 0.3) is 5.69 Å². The Hall–Kier alpha value is -3.74. The summed E-state index contributed by atoms with van der Waals surface area (Å²) in [5.74, 6) is 0.560. The van der Waals surface area contributed by atoms with Crippen LogP contribution in [0, 0.1) is 15.9 Å². The molecule has 0 fully saturated rings. The summed E-state index contributed by atoms with van der Waals surface area (Å²) in [5.41, 5.74) is 2.32. The largest absolute Gasteiger partial charge is 0.494 e. The first-order chi connectivity index (χ1) is 15.5. The van der Waals surface area contributed by atoms with Crippen LogP contribution in [0.2, 0.25) is 0 Å². The molecule has 0 amide bonds. The number of rotatable bonds is 9. The highest BCUT2D eigenvalue weighted by molar-refractivity contribution is 5.79. The minimum atomic E-state index is -0.495. The lowest BCUT2D eigenvalue weighted by Crippen LogP contribution is -1.97. The van der Waals surface area contributed by atoms with Crippen LogP contribution in [0.3, 0.4) is 0 Å². The van der Waals surface area contributed by atoms with Crippen LogP contribution in [-0.4, -0.2) is 16.5 Å². The Labute approximate surface area is 184 Å². The molecule has 4 rings (SSSR count). The van der Waals surface area contributed by atoms with E-state index in [2.05, 4.69) is 11.9 Å². The van der Waals surface area contributed by atoms with E-state index in [1.54, 1.807) is 12.1 Å². The number of halogens is 1. The lowest BCUT2D eigenvalue weighted by atomic mass is 10.0. The van der Waals surface area contributed by atoms with Gasteiger partial charge in [-0.3, -0.25) is 10.1 Å². The molecule has 0 saturated carbocycles. The van der Waals surface area contributed by atoms with Gasteiger partial charge in [-0.2, -0.15) is 0 Å². The number of nitro benzene ring substituents is 1. The average Bonchev–Trinajstić information content (AvgIpc) is 3.23. The fourth-order valence-corrected chi connectivity index (χ4v) is 3.48. The van der Waals surface area contributed by atoms with Crippen molar-refractivity contribution in [2.75, 3.05) is 6.61 Å². The van der Waals surface area contributed by atoms with Gasteiger partial charge in [0.05, 0.1) is 11.5 Å². The summed E-state index contributed by atoms with van der Waals surface area (Å²) in [4.78, 5) is 14.7. The number of unbranched alkanes of at least 4 members (excludes halogenated alkanes) is 3. The highest BCUT2D eigenvalue weighted by atomic mass is 19.1. The quantitative estimate of drug-likeness (QED) is 0.158. The van der Waals surface area contributed by atoms with Crippen LogP contribution >= 0.6 is 0 Å². The second kappa shape index (κ2) is 9.60. The van der Waals surface area contributed by atoms with E-state index in [4.69, 9.17) is 9.15 Å². The maximum atomic E-state index is 14.9. The number of nitro groups is 1. The zero-order valence-corrected chi connectivity index (χ0v) is 17.7. The Morgan fingerprint density at radius 3 is 2.50 bits per heavy atom. The van der Waals surface area contributed by atoms with E-state index in [9.17, 15) is 14.5 Å². The number of nitrogens with zero attached hydrogens (tertiary/aromatic N) is 2. The SMILES string of the molecule is CCCCCCOc1ccc(-c2ccc(-c3nc4cc([N+](=O)[O-])ccc4o3)cc2F)cc1. The molecule has 1 heterocycles. The molecule has 0 aliphatic carbocycles. The Morgan fingerprint density at radius 2 is 1.78 bits per heavy atom. The van der Waals surface area contributed by atoms with E-state index in [0.29, 0.717) is 28.8 Å². The van der Waals surface area contributed by atoms with Gasteiger partial charge in [-0.15, -0.1) is 0 Å². The smallest absolute Gasteiger partial charge is 0.271 e. The van der Waals surface area contributed by atoms with Crippen LogP contribution in [0.25, 0.3) is 33.7 Å². The van der Waals surface area contributed by atoms with Crippen LogP contribution in [0.4, 0.5) is 10.1 Å². The van der Waals surface area contributed by atoms with Crippen molar-refractivity contribution in [3.8, 4) is 28.3 Å². The molecule has 7 heteroatoms. The van der Waals surface area contributed by atoms with Gasteiger partial charge in [0.1, 0.15) is 17.1 Å². The van der Waals surface area contributed by atoms with Crippen molar-refractivity contribution in [3.05, 3.63) is 76.6 Å². The molecule has 1 aromatic heterocycles. The van der Waals surface area contributed by atoms with Crippen molar-refractivity contribution in [1.82, 2.24) is 4.98 Å². The van der Waals surface area contributed by atoms with Crippen LogP contribution < -0.4 is 4.74 Å². The Morgan fingerprint density at radius 1 is 1.00 bits per heavy atom. The van der Waals surface area contributed by atoms with E-state index in [1.165, 1.54) is 37.1 Å².